The topological polar surface area (TPSA) is 101 Å². The van der Waals surface area contributed by atoms with Gasteiger partial charge in [0.15, 0.2) is 0 Å². The molecule has 0 amide bonds. The summed E-state index contributed by atoms with van der Waals surface area (Å²) in [6, 6.07) is 11.9. The molecule has 7 heteroatoms. The smallest absolute Gasteiger partial charge is 0.318 e. The minimum Gasteiger partial charge on any atom is -0.480 e. The van der Waals surface area contributed by atoms with Crippen molar-refractivity contribution in [2.24, 2.45) is 0 Å². The van der Waals surface area contributed by atoms with Gasteiger partial charge in [-0.25, -0.2) is 8.42 Å². The van der Waals surface area contributed by atoms with Gasteiger partial charge in [0, 0.05) is 12.7 Å². The number of nitrogens with two attached hydrogens (primary N) is 1. The summed E-state index contributed by atoms with van der Waals surface area (Å²) in [5, 5.41) is 8.72. The molecule has 2 aromatic rings. The number of rotatable bonds is 5. The monoisotopic (exact) mass is 334 g/mol. The molecular weight excluding hydrogens is 316 g/mol. The van der Waals surface area contributed by atoms with E-state index >= 15 is 0 Å². The second kappa shape index (κ2) is 6.39. The maximum atomic E-state index is 12.3. The minimum atomic E-state index is -3.82. The largest absolute Gasteiger partial charge is 0.480 e. The molecule has 2 rings (SSSR count). The lowest BCUT2D eigenvalue weighted by atomic mass is 10.0. The summed E-state index contributed by atoms with van der Waals surface area (Å²) in [5.74, 6) is -1.21. The van der Waals surface area contributed by atoms with Crippen LogP contribution in [0.25, 0.3) is 11.1 Å². The van der Waals surface area contributed by atoms with Crippen molar-refractivity contribution < 1.29 is 18.3 Å². The van der Waals surface area contributed by atoms with E-state index in [9.17, 15) is 13.2 Å². The highest BCUT2D eigenvalue weighted by atomic mass is 32.2. The van der Waals surface area contributed by atoms with E-state index in [1.54, 1.807) is 12.1 Å². The van der Waals surface area contributed by atoms with Gasteiger partial charge in [0.2, 0.25) is 10.0 Å². The number of aryl methyl sites for hydroxylation is 1. The molecule has 0 fully saturated rings. The first-order valence-electron chi connectivity index (χ1n) is 6.86. The van der Waals surface area contributed by atoms with Crippen molar-refractivity contribution in [2.75, 3.05) is 19.3 Å². The number of nitrogens with zero attached hydrogens (tertiary/aromatic N) is 1. The third-order valence-corrected chi connectivity index (χ3v) is 5.35. The van der Waals surface area contributed by atoms with Gasteiger partial charge in [-0.2, -0.15) is 4.31 Å². The van der Waals surface area contributed by atoms with Crippen LogP contribution >= 0.6 is 0 Å². The van der Waals surface area contributed by atoms with Gasteiger partial charge in [0.25, 0.3) is 0 Å². The first-order chi connectivity index (χ1) is 10.7. The molecule has 0 bridgehead atoms. The summed E-state index contributed by atoms with van der Waals surface area (Å²) in [6.45, 7) is 1.33. The van der Waals surface area contributed by atoms with Crippen molar-refractivity contribution in [3.8, 4) is 11.1 Å². The van der Waals surface area contributed by atoms with E-state index in [-0.39, 0.29) is 4.90 Å². The Bertz CT molecular complexity index is 830. The van der Waals surface area contributed by atoms with Crippen LogP contribution < -0.4 is 5.73 Å². The van der Waals surface area contributed by atoms with Crippen molar-refractivity contribution in [2.45, 2.75) is 11.8 Å². The van der Waals surface area contributed by atoms with E-state index in [4.69, 9.17) is 10.8 Å². The molecule has 0 spiro atoms. The van der Waals surface area contributed by atoms with Gasteiger partial charge in [-0.1, -0.05) is 24.3 Å². The fourth-order valence-electron chi connectivity index (χ4n) is 2.09. The average molecular weight is 334 g/mol. The fourth-order valence-corrected chi connectivity index (χ4v) is 3.22. The Morgan fingerprint density at radius 2 is 1.70 bits per heavy atom. The Morgan fingerprint density at radius 1 is 1.13 bits per heavy atom. The number of carboxylic acid groups (broad SMARTS) is 1. The zero-order valence-electron chi connectivity index (χ0n) is 12.9. The molecule has 23 heavy (non-hydrogen) atoms. The van der Waals surface area contributed by atoms with Crippen LogP contribution in [-0.2, 0) is 14.8 Å². The maximum Gasteiger partial charge on any atom is 0.318 e. The quantitative estimate of drug-likeness (QED) is 0.814. The number of likely N-dealkylation sites (N-methyl/N-ethyl adjacent to an activating group) is 1. The number of anilines is 1. The van der Waals surface area contributed by atoms with Gasteiger partial charge in [-0.05, 0) is 41.8 Å². The van der Waals surface area contributed by atoms with Crippen molar-refractivity contribution in [3.05, 3.63) is 48.0 Å². The molecule has 0 atom stereocenters. The molecule has 6 nitrogen and oxygen atoms in total. The van der Waals surface area contributed by atoms with Gasteiger partial charge in [-0.15, -0.1) is 0 Å². The molecule has 0 saturated heterocycles. The predicted octanol–water partition coefficient (Wildman–Crippen LogP) is 1.95. The van der Waals surface area contributed by atoms with E-state index in [2.05, 4.69) is 0 Å². The molecule has 0 aliphatic heterocycles. The molecule has 0 radical (unpaired) electrons. The van der Waals surface area contributed by atoms with E-state index in [1.165, 1.54) is 19.2 Å². The van der Waals surface area contributed by atoms with Crippen LogP contribution in [0.4, 0.5) is 5.69 Å². The van der Waals surface area contributed by atoms with E-state index in [0.29, 0.717) is 5.69 Å². The number of hydrogen-bond donors (Lipinski definition) is 2. The molecule has 0 aliphatic carbocycles. The number of carboxylic acids is 1. The summed E-state index contributed by atoms with van der Waals surface area (Å²) in [7, 11) is -2.59. The molecular formula is C16H18N2O4S. The summed E-state index contributed by atoms with van der Waals surface area (Å²) in [4.78, 5) is 10.7. The third-order valence-electron chi connectivity index (χ3n) is 3.53. The maximum absolute atomic E-state index is 12.3. The number of benzene rings is 2. The van der Waals surface area contributed by atoms with Crippen LogP contribution in [0.3, 0.4) is 0 Å². The lowest BCUT2D eigenvalue weighted by Gasteiger charge is -2.15. The van der Waals surface area contributed by atoms with Crippen LogP contribution in [0.5, 0.6) is 0 Å². The predicted molar refractivity (Wildman–Crippen MR) is 88.5 cm³/mol. The lowest BCUT2D eigenvalue weighted by Crippen LogP contribution is -2.31. The number of aliphatic carboxylic acids is 1. The number of hydrogen-bond acceptors (Lipinski definition) is 4. The fraction of sp³-hybridized carbons (Fsp3) is 0.188. The number of nitrogen functional groups attached to an aromatic ring is 1. The van der Waals surface area contributed by atoms with E-state index in [1.807, 2.05) is 25.1 Å². The second-order valence-electron chi connectivity index (χ2n) is 5.25. The number of carbonyl (C=O) groups is 1. The van der Waals surface area contributed by atoms with Gasteiger partial charge in [-0.3, -0.25) is 4.79 Å². The normalized spacial score (nSPS) is 11.6. The molecule has 122 valence electrons. The summed E-state index contributed by atoms with van der Waals surface area (Å²) < 4.78 is 25.3. The van der Waals surface area contributed by atoms with Crippen LogP contribution in [0.2, 0.25) is 0 Å². The van der Waals surface area contributed by atoms with Crippen molar-refractivity contribution in [3.63, 3.8) is 0 Å². The third kappa shape index (κ3) is 3.69. The SMILES string of the molecule is Cc1ccc(-c2ccc(S(=O)(=O)N(C)CC(=O)O)cc2)cc1N. The van der Waals surface area contributed by atoms with Crippen molar-refractivity contribution in [1.82, 2.24) is 4.31 Å². The Balaban J connectivity index is 2.32. The number of sulfonamides is 1. The van der Waals surface area contributed by atoms with Crippen LogP contribution in [0.1, 0.15) is 5.56 Å². The van der Waals surface area contributed by atoms with Crippen LogP contribution in [-0.4, -0.2) is 37.4 Å². The van der Waals surface area contributed by atoms with Gasteiger partial charge in [0.05, 0.1) is 4.90 Å². The zero-order chi connectivity index (χ0) is 17.2. The Kier molecular flexibility index (Phi) is 4.72. The average Bonchev–Trinajstić information content (AvgIpc) is 2.49. The highest BCUT2D eigenvalue weighted by Crippen LogP contribution is 2.25. The van der Waals surface area contributed by atoms with Crippen molar-refractivity contribution >= 4 is 21.7 Å². The van der Waals surface area contributed by atoms with Crippen molar-refractivity contribution in [1.29, 1.82) is 0 Å². The van der Waals surface area contributed by atoms with Crippen LogP contribution in [0.15, 0.2) is 47.4 Å². The lowest BCUT2D eigenvalue weighted by molar-refractivity contribution is -0.137. The zero-order valence-corrected chi connectivity index (χ0v) is 13.7. The Hall–Kier alpha value is -2.38. The summed E-state index contributed by atoms with van der Waals surface area (Å²) in [6.07, 6.45) is 0. The molecule has 0 unspecified atom stereocenters. The second-order valence-corrected chi connectivity index (χ2v) is 7.30. The Morgan fingerprint density at radius 3 is 2.22 bits per heavy atom. The summed E-state index contributed by atoms with van der Waals surface area (Å²) in [5.41, 5.74) is 9.24. The molecule has 0 aromatic heterocycles. The first kappa shape index (κ1) is 17.0. The highest BCUT2D eigenvalue weighted by Gasteiger charge is 2.22. The van der Waals surface area contributed by atoms with Crippen LogP contribution in [0, 0.1) is 6.92 Å². The molecule has 3 N–H and O–H groups in total. The first-order valence-corrected chi connectivity index (χ1v) is 8.30. The van der Waals surface area contributed by atoms with E-state index in [0.717, 1.165) is 21.0 Å². The molecule has 0 heterocycles. The standard InChI is InChI=1S/C16H18N2O4S/c1-11-3-4-13(9-15(11)17)12-5-7-14(8-6-12)23(21,22)18(2)10-16(19)20/h3-9H,10,17H2,1-2H3,(H,19,20). The van der Waals surface area contributed by atoms with Gasteiger partial charge >= 0.3 is 5.97 Å². The van der Waals surface area contributed by atoms with Gasteiger partial charge < -0.3 is 10.8 Å². The minimum absolute atomic E-state index is 0.0464. The molecule has 0 saturated carbocycles. The van der Waals surface area contributed by atoms with E-state index < -0.39 is 22.5 Å². The highest BCUT2D eigenvalue weighted by molar-refractivity contribution is 7.89. The summed E-state index contributed by atoms with van der Waals surface area (Å²) >= 11 is 0. The molecule has 2 aromatic carbocycles. The Labute approximate surface area is 135 Å². The van der Waals surface area contributed by atoms with Gasteiger partial charge in [0.1, 0.15) is 6.54 Å². The molecule has 0 aliphatic rings.